The van der Waals surface area contributed by atoms with Gasteiger partial charge in [-0.15, -0.1) is 0 Å². The van der Waals surface area contributed by atoms with E-state index in [-0.39, 0.29) is 10.5 Å². The molecule has 4 unspecified atom stereocenters. The number of hydrogen-bond acceptors (Lipinski definition) is 4. The van der Waals surface area contributed by atoms with Gasteiger partial charge in [0, 0.05) is 20.3 Å². The first-order chi connectivity index (χ1) is 15.8. The van der Waals surface area contributed by atoms with Crippen molar-refractivity contribution in [3.8, 4) is 0 Å². The molecule has 2 N–H and O–H groups in total. The minimum atomic E-state index is -1.09. The topological polar surface area (TPSA) is 109 Å². The van der Waals surface area contributed by atoms with Crippen LogP contribution in [-0.2, 0) is 31.2 Å². The van der Waals surface area contributed by atoms with Crippen molar-refractivity contribution in [2.45, 2.75) is 102 Å². The number of carbonyl (C=O) groups is 2. The molecule has 6 nitrogen and oxygen atoms in total. The fourth-order valence-corrected chi connectivity index (χ4v) is 7.19. The standard InChI is InChI=1S/C26H40O6S2/c1-25(2,23(27)28)17-7-5-9-19-11-13-21(33(19)31)15-16-22-14-12-20(34(22)32)10-6-8-18-26(3,4)24(29)30/h13-16,19-20H,5-12,17-18H2,1-4H3,(H,27,28)(H,29,30). The van der Waals surface area contributed by atoms with E-state index in [0.717, 1.165) is 61.2 Å². The highest BCUT2D eigenvalue weighted by Gasteiger charge is 2.29. The Kier molecular flexibility index (Phi) is 10.5. The number of aliphatic carboxylic acids is 2. The molecule has 192 valence electrons. The van der Waals surface area contributed by atoms with Gasteiger partial charge in [-0.1, -0.05) is 37.8 Å². The van der Waals surface area contributed by atoms with Crippen molar-refractivity contribution in [3.05, 3.63) is 34.1 Å². The Balaban J connectivity index is 1.73. The summed E-state index contributed by atoms with van der Waals surface area (Å²) in [4.78, 5) is 24.0. The van der Waals surface area contributed by atoms with Gasteiger partial charge in [-0.25, -0.2) is 0 Å². The third-order valence-electron chi connectivity index (χ3n) is 6.96. The van der Waals surface area contributed by atoms with E-state index in [1.54, 1.807) is 27.7 Å². The maximum atomic E-state index is 12.8. The zero-order chi connectivity index (χ0) is 25.5. The summed E-state index contributed by atoms with van der Waals surface area (Å²) in [5.74, 6) is -1.57. The molecule has 4 atom stereocenters. The van der Waals surface area contributed by atoms with E-state index < -0.39 is 44.4 Å². The minimum absolute atomic E-state index is 0.0680. The molecule has 0 amide bonds. The highest BCUT2D eigenvalue weighted by atomic mass is 32.2. The van der Waals surface area contributed by atoms with Gasteiger partial charge in [0.15, 0.2) is 0 Å². The van der Waals surface area contributed by atoms with Crippen molar-refractivity contribution < 1.29 is 28.2 Å². The molecule has 34 heavy (non-hydrogen) atoms. The van der Waals surface area contributed by atoms with Crippen LogP contribution in [0.1, 0.15) is 91.9 Å². The van der Waals surface area contributed by atoms with E-state index in [2.05, 4.69) is 0 Å². The van der Waals surface area contributed by atoms with Gasteiger partial charge in [0.05, 0.1) is 32.4 Å². The van der Waals surface area contributed by atoms with Crippen LogP contribution in [0.15, 0.2) is 34.1 Å². The molecule has 0 saturated heterocycles. The second-order valence-electron chi connectivity index (χ2n) is 10.7. The quantitative estimate of drug-likeness (QED) is 0.289. The molecule has 0 spiro atoms. The Bertz CT molecular complexity index is 825. The number of allylic oxidation sites excluding steroid dienone is 4. The van der Waals surface area contributed by atoms with E-state index in [0.29, 0.717) is 12.8 Å². The molecule has 0 bridgehead atoms. The van der Waals surface area contributed by atoms with Crippen LogP contribution in [0.5, 0.6) is 0 Å². The molecule has 2 rings (SSSR count). The molecule has 0 aromatic carbocycles. The smallest absolute Gasteiger partial charge is 0.309 e. The molecule has 2 heterocycles. The molecule has 2 aliphatic rings. The van der Waals surface area contributed by atoms with Gasteiger partial charge in [0.1, 0.15) is 0 Å². The Labute approximate surface area is 208 Å². The SMILES string of the molecule is CC(C)(CCCCC1CC=C(C=CC2=CCC(CCCCC(C)(C)C(=O)O)S2=O)S1=O)C(=O)O. The van der Waals surface area contributed by atoms with Crippen molar-refractivity contribution in [2.24, 2.45) is 10.8 Å². The predicted octanol–water partition coefficient (Wildman–Crippen LogP) is 5.69. The number of rotatable bonds is 14. The Morgan fingerprint density at radius 1 is 0.794 bits per heavy atom. The van der Waals surface area contributed by atoms with Crippen LogP contribution in [0, 0.1) is 10.8 Å². The minimum Gasteiger partial charge on any atom is -0.481 e. The number of hydrogen-bond donors (Lipinski definition) is 2. The molecular weight excluding hydrogens is 472 g/mol. The van der Waals surface area contributed by atoms with E-state index in [1.807, 2.05) is 24.3 Å². The van der Waals surface area contributed by atoms with Crippen molar-refractivity contribution in [1.82, 2.24) is 0 Å². The van der Waals surface area contributed by atoms with Gasteiger partial charge in [0.25, 0.3) is 0 Å². The Hall–Kier alpha value is -1.54. The lowest BCUT2D eigenvalue weighted by Gasteiger charge is -2.19. The fourth-order valence-electron chi connectivity index (χ4n) is 4.20. The summed E-state index contributed by atoms with van der Waals surface area (Å²) < 4.78 is 25.6. The van der Waals surface area contributed by atoms with Crippen LogP contribution in [0.2, 0.25) is 0 Å². The summed E-state index contributed by atoms with van der Waals surface area (Å²) >= 11 is 0. The third-order valence-corrected chi connectivity index (χ3v) is 10.6. The van der Waals surface area contributed by atoms with Crippen molar-refractivity contribution in [1.29, 1.82) is 0 Å². The predicted molar refractivity (Wildman–Crippen MR) is 138 cm³/mol. The average molecular weight is 513 g/mol. The third kappa shape index (κ3) is 8.01. The van der Waals surface area contributed by atoms with Crippen LogP contribution in [0.25, 0.3) is 0 Å². The first-order valence-electron chi connectivity index (χ1n) is 12.2. The molecule has 0 aromatic rings. The molecule has 0 radical (unpaired) electrons. The lowest BCUT2D eigenvalue weighted by atomic mass is 9.87. The van der Waals surface area contributed by atoms with E-state index in [1.165, 1.54) is 0 Å². The molecular formula is C26H40O6S2. The maximum Gasteiger partial charge on any atom is 0.309 e. The first-order valence-corrected chi connectivity index (χ1v) is 14.6. The van der Waals surface area contributed by atoms with Gasteiger partial charge in [-0.3, -0.25) is 18.0 Å². The molecule has 0 saturated carbocycles. The maximum absolute atomic E-state index is 12.8. The van der Waals surface area contributed by atoms with E-state index >= 15 is 0 Å². The van der Waals surface area contributed by atoms with Crippen LogP contribution in [-0.4, -0.2) is 41.1 Å². The Morgan fingerprint density at radius 2 is 1.15 bits per heavy atom. The van der Waals surface area contributed by atoms with Crippen molar-refractivity contribution >= 4 is 33.5 Å². The summed E-state index contributed by atoms with van der Waals surface area (Å²) in [5.41, 5.74) is -1.45. The summed E-state index contributed by atoms with van der Waals surface area (Å²) in [7, 11) is -2.17. The summed E-state index contributed by atoms with van der Waals surface area (Å²) in [6.07, 6.45) is 15.4. The monoisotopic (exact) mass is 512 g/mol. The lowest BCUT2D eigenvalue weighted by Crippen LogP contribution is -2.23. The van der Waals surface area contributed by atoms with Crippen molar-refractivity contribution in [3.63, 3.8) is 0 Å². The van der Waals surface area contributed by atoms with Gasteiger partial charge in [-0.05, 0) is 78.4 Å². The van der Waals surface area contributed by atoms with E-state index in [4.69, 9.17) is 0 Å². The first kappa shape index (κ1) is 28.7. The van der Waals surface area contributed by atoms with Gasteiger partial charge >= 0.3 is 11.9 Å². The van der Waals surface area contributed by atoms with Crippen LogP contribution in [0.3, 0.4) is 0 Å². The second kappa shape index (κ2) is 12.4. The van der Waals surface area contributed by atoms with E-state index in [9.17, 15) is 28.2 Å². The van der Waals surface area contributed by atoms with Crippen LogP contribution in [0.4, 0.5) is 0 Å². The average Bonchev–Trinajstić information content (AvgIpc) is 3.29. The van der Waals surface area contributed by atoms with Crippen molar-refractivity contribution in [2.75, 3.05) is 0 Å². The zero-order valence-corrected chi connectivity index (χ0v) is 22.5. The number of unbranched alkanes of at least 4 members (excludes halogenated alkanes) is 2. The normalized spacial score (nSPS) is 25.5. The highest BCUT2D eigenvalue weighted by Crippen LogP contribution is 2.32. The van der Waals surface area contributed by atoms with Gasteiger partial charge in [0.2, 0.25) is 0 Å². The van der Waals surface area contributed by atoms with Crippen LogP contribution < -0.4 is 0 Å². The summed E-state index contributed by atoms with van der Waals surface area (Å²) in [5, 5.41) is 18.5. The zero-order valence-electron chi connectivity index (χ0n) is 20.9. The van der Waals surface area contributed by atoms with Gasteiger partial charge < -0.3 is 10.2 Å². The molecule has 8 heteroatoms. The Morgan fingerprint density at radius 3 is 1.47 bits per heavy atom. The number of carboxylic acid groups (broad SMARTS) is 2. The second-order valence-corrected chi connectivity index (χ2v) is 14.2. The number of carboxylic acids is 2. The molecule has 0 aromatic heterocycles. The summed E-state index contributed by atoms with van der Waals surface area (Å²) in [6.45, 7) is 6.94. The highest BCUT2D eigenvalue weighted by molar-refractivity contribution is 7.90. The fraction of sp³-hybridized carbons (Fsp3) is 0.692. The molecule has 0 aliphatic carbocycles. The summed E-state index contributed by atoms with van der Waals surface area (Å²) in [6, 6.07) is 0. The van der Waals surface area contributed by atoms with Crippen LogP contribution >= 0.6 is 0 Å². The van der Waals surface area contributed by atoms with Gasteiger partial charge in [-0.2, -0.15) is 0 Å². The molecule has 0 fully saturated rings. The molecule has 2 aliphatic heterocycles. The lowest BCUT2D eigenvalue weighted by molar-refractivity contribution is -0.148. The largest absolute Gasteiger partial charge is 0.481 e.